The second-order valence-electron chi connectivity index (χ2n) is 2.94. The van der Waals surface area contributed by atoms with E-state index in [2.05, 4.69) is 11.6 Å². The van der Waals surface area contributed by atoms with Gasteiger partial charge < -0.3 is 0 Å². The minimum atomic E-state index is -3.89. The zero-order valence-corrected chi connectivity index (χ0v) is 8.44. The topological polar surface area (TPSA) is 74.0 Å². The molecule has 0 spiro atoms. The van der Waals surface area contributed by atoms with Crippen molar-refractivity contribution in [3.05, 3.63) is 31.4 Å². The van der Waals surface area contributed by atoms with Crippen molar-refractivity contribution >= 4 is 10.1 Å². The summed E-state index contributed by atoms with van der Waals surface area (Å²) in [5.41, 5.74) is 0. The number of rotatable bonds is 5. The first-order valence-electron chi connectivity index (χ1n) is 4.14. The van der Waals surface area contributed by atoms with Gasteiger partial charge in [0.2, 0.25) is 6.33 Å². The minimum absolute atomic E-state index is 0.122. The monoisotopic (exact) mass is 217 g/mol. The number of H-pyrrole nitrogens is 1. The fourth-order valence-electron chi connectivity index (χ4n) is 1.17. The molecule has 1 heterocycles. The van der Waals surface area contributed by atoms with Crippen LogP contribution in [0.2, 0.25) is 0 Å². The summed E-state index contributed by atoms with van der Waals surface area (Å²) in [5, 5.41) is 0. The highest BCUT2D eigenvalue weighted by atomic mass is 32.2. The summed E-state index contributed by atoms with van der Waals surface area (Å²) < 4.78 is 31.4. The second-order valence-corrected chi connectivity index (χ2v) is 4.51. The molecule has 1 aromatic rings. The highest BCUT2D eigenvalue weighted by Crippen LogP contribution is 2.05. The molecule has 1 unspecified atom stereocenters. The molecule has 0 aliphatic heterocycles. The van der Waals surface area contributed by atoms with Gasteiger partial charge >= 0.3 is 0 Å². The summed E-state index contributed by atoms with van der Waals surface area (Å²) in [7, 11) is -3.89. The molecule has 0 aromatic carbocycles. The Morgan fingerprint density at radius 3 is 2.79 bits per heavy atom. The lowest BCUT2D eigenvalue weighted by molar-refractivity contribution is -0.711. The molecule has 2 N–H and O–H groups in total. The SMILES string of the molecule is C=CC(CCS(=O)(=O)O)[n+]1cc[nH]c1. The van der Waals surface area contributed by atoms with Crippen molar-refractivity contribution < 1.29 is 17.5 Å². The Balaban J connectivity index is 2.62. The average Bonchev–Trinajstić information content (AvgIpc) is 2.56. The van der Waals surface area contributed by atoms with Crippen LogP contribution < -0.4 is 4.57 Å². The lowest BCUT2D eigenvalue weighted by Crippen LogP contribution is -2.36. The van der Waals surface area contributed by atoms with E-state index in [0.29, 0.717) is 6.42 Å². The Hall–Kier alpha value is -1.14. The van der Waals surface area contributed by atoms with Gasteiger partial charge in [0.05, 0.1) is 5.75 Å². The Bertz CT molecular complexity index is 383. The molecular weight excluding hydrogens is 204 g/mol. The summed E-state index contributed by atoms with van der Waals surface area (Å²) in [4.78, 5) is 2.84. The van der Waals surface area contributed by atoms with Crippen LogP contribution in [0.1, 0.15) is 12.5 Å². The van der Waals surface area contributed by atoms with Gasteiger partial charge in [-0.2, -0.15) is 8.42 Å². The van der Waals surface area contributed by atoms with Crippen molar-refractivity contribution in [2.24, 2.45) is 0 Å². The molecule has 1 atom stereocenters. The number of aromatic amines is 1. The van der Waals surface area contributed by atoms with Crippen LogP contribution in [0.3, 0.4) is 0 Å². The second kappa shape index (κ2) is 4.39. The number of imidazole rings is 1. The maximum Gasteiger partial charge on any atom is 0.265 e. The van der Waals surface area contributed by atoms with Crippen LogP contribution in [-0.2, 0) is 10.1 Å². The summed E-state index contributed by atoms with van der Waals surface area (Å²) in [6.45, 7) is 3.61. The third kappa shape index (κ3) is 3.31. The Labute approximate surface area is 82.8 Å². The predicted molar refractivity (Wildman–Crippen MR) is 51.3 cm³/mol. The third-order valence-corrected chi connectivity index (χ3v) is 2.64. The molecule has 0 bridgehead atoms. The van der Waals surface area contributed by atoms with E-state index >= 15 is 0 Å². The summed E-state index contributed by atoms with van der Waals surface area (Å²) in [6.07, 6.45) is 7.15. The summed E-state index contributed by atoms with van der Waals surface area (Å²) in [6, 6.07) is -0.122. The predicted octanol–water partition coefficient (Wildman–Crippen LogP) is 0.307. The smallest absolute Gasteiger partial charge is 0.265 e. The van der Waals surface area contributed by atoms with Crippen molar-refractivity contribution in [2.75, 3.05) is 5.75 Å². The standard InChI is InChI=1S/C8H12N2O3S/c1-2-8(3-6-14(11,12)13)10-5-4-9-7-10/h2,4-5,7-8H,1,3,6H2,(H,11,12,13)/p+1. The fourth-order valence-corrected chi connectivity index (χ4v) is 1.71. The first-order chi connectivity index (χ1) is 6.53. The molecule has 78 valence electrons. The first kappa shape index (κ1) is 10.9. The highest BCUT2D eigenvalue weighted by molar-refractivity contribution is 7.85. The van der Waals surface area contributed by atoms with Gasteiger partial charge in [-0.15, -0.1) is 0 Å². The maximum atomic E-state index is 10.5. The maximum absolute atomic E-state index is 10.5. The van der Waals surface area contributed by atoms with Crippen LogP contribution >= 0.6 is 0 Å². The first-order valence-corrected chi connectivity index (χ1v) is 5.75. The van der Waals surface area contributed by atoms with Gasteiger partial charge in [-0.3, -0.25) is 9.54 Å². The quantitative estimate of drug-likeness (QED) is 0.423. The molecule has 6 heteroatoms. The van der Waals surface area contributed by atoms with E-state index in [1.165, 1.54) is 0 Å². The molecule has 1 aromatic heterocycles. The zero-order chi connectivity index (χ0) is 10.6. The fraction of sp³-hybridized carbons (Fsp3) is 0.375. The number of nitrogens with zero attached hydrogens (tertiary/aromatic N) is 1. The normalized spacial score (nSPS) is 13.8. The van der Waals surface area contributed by atoms with Gasteiger partial charge in [-0.1, -0.05) is 6.58 Å². The molecule has 1 rings (SSSR count). The van der Waals surface area contributed by atoms with Gasteiger partial charge in [-0.25, -0.2) is 4.57 Å². The van der Waals surface area contributed by atoms with Crippen LogP contribution in [0.15, 0.2) is 31.4 Å². The number of nitrogens with one attached hydrogen (secondary N) is 1. The Morgan fingerprint density at radius 2 is 2.36 bits per heavy atom. The van der Waals surface area contributed by atoms with E-state index in [1.807, 2.05) is 0 Å². The van der Waals surface area contributed by atoms with Crippen molar-refractivity contribution in [1.82, 2.24) is 4.98 Å². The van der Waals surface area contributed by atoms with Gasteiger partial charge in [0.15, 0.2) is 0 Å². The number of hydrogen-bond donors (Lipinski definition) is 2. The largest absolute Gasteiger partial charge is 0.286 e. The van der Waals surface area contributed by atoms with Crippen molar-refractivity contribution in [3.8, 4) is 0 Å². The van der Waals surface area contributed by atoms with Crippen molar-refractivity contribution in [3.63, 3.8) is 0 Å². The molecule has 0 saturated heterocycles. The van der Waals surface area contributed by atoms with E-state index in [-0.39, 0.29) is 11.8 Å². The molecular formula is C8H13N2O3S+. The van der Waals surface area contributed by atoms with Crippen LogP contribution in [0.5, 0.6) is 0 Å². The molecule has 0 amide bonds. The number of allylic oxidation sites excluding steroid dienone is 1. The van der Waals surface area contributed by atoms with Gasteiger partial charge in [-0.05, 0) is 6.08 Å². The average molecular weight is 217 g/mol. The molecule has 0 saturated carbocycles. The Kier molecular flexibility index (Phi) is 3.43. The molecule has 0 aliphatic carbocycles. The number of aromatic nitrogens is 2. The lowest BCUT2D eigenvalue weighted by atomic mass is 10.2. The van der Waals surface area contributed by atoms with Crippen LogP contribution in [0, 0.1) is 0 Å². The molecule has 0 radical (unpaired) electrons. The van der Waals surface area contributed by atoms with Crippen LogP contribution in [0.25, 0.3) is 0 Å². The zero-order valence-electron chi connectivity index (χ0n) is 7.63. The van der Waals surface area contributed by atoms with Crippen molar-refractivity contribution in [1.29, 1.82) is 0 Å². The van der Waals surface area contributed by atoms with Crippen LogP contribution in [0.4, 0.5) is 0 Å². The molecule has 14 heavy (non-hydrogen) atoms. The van der Waals surface area contributed by atoms with E-state index < -0.39 is 10.1 Å². The third-order valence-electron chi connectivity index (χ3n) is 1.89. The molecule has 0 fully saturated rings. The van der Waals surface area contributed by atoms with Gasteiger partial charge in [0.25, 0.3) is 10.1 Å². The van der Waals surface area contributed by atoms with Crippen molar-refractivity contribution in [2.45, 2.75) is 12.5 Å². The van der Waals surface area contributed by atoms with Gasteiger partial charge in [0, 0.05) is 6.42 Å². The van der Waals surface area contributed by atoms with Crippen LogP contribution in [-0.4, -0.2) is 23.7 Å². The van der Waals surface area contributed by atoms with E-state index in [1.54, 1.807) is 29.4 Å². The van der Waals surface area contributed by atoms with Gasteiger partial charge in [0.1, 0.15) is 18.4 Å². The molecule has 5 nitrogen and oxygen atoms in total. The Morgan fingerprint density at radius 1 is 1.64 bits per heavy atom. The lowest BCUT2D eigenvalue weighted by Gasteiger charge is -2.06. The molecule has 0 aliphatic rings. The number of hydrogen-bond acceptors (Lipinski definition) is 2. The van der Waals surface area contributed by atoms with E-state index in [9.17, 15) is 8.42 Å². The minimum Gasteiger partial charge on any atom is -0.286 e. The van der Waals surface area contributed by atoms with E-state index in [0.717, 1.165) is 0 Å². The van der Waals surface area contributed by atoms with E-state index in [4.69, 9.17) is 4.55 Å². The summed E-state index contributed by atoms with van der Waals surface area (Å²) >= 11 is 0. The highest BCUT2D eigenvalue weighted by Gasteiger charge is 2.15. The summed E-state index contributed by atoms with van der Waals surface area (Å²) in [5.74, 6) is -0.262.